The van der Waals surface area contributed by atoms with Gasteiger partial charge in [-0.3, -0.25) is 15.1 Å². The van der Waals surface area contributed by atoms with Crippen molar-refractivity contribution in [1.82, 2.24) is 24.8 Å². The Morgan fingerprint density at radius 3 is 3.11 bits per heavy atom. The van der Waals surface area contributed by atoms with Gasteiger partial charge in [0.1, 0.15) is 6.33 Å². The van der Waals surface area contributed by atoms with Gasteiger partial charge in [-0.2, -0.15) is 4.52 Å². The Kier molecular flexibility index (Phi) is 2.76. The molecule has 0 aliphatic rings. The lowest BCUT2D eigenvalue weighted by Crippen LogP contribution is -2.12. The molecule has 0 radical (unpaired) electrons. The first-order valence-electron chi connectivity index (χ1n) is 4.81. The molecule has 3 aromatic heterocycles. The van der Waals surface area contributed by atoms with Crippen LogP contribution in [0.5, 0.6) is 0 Å². The van der Waals surface area contributed by atoms with E-state index in [1.807, 2.05) is 0 Å². The number of nitrogens with one attached hydrogen (secondary N) is 1. The topological polar surface area (TPSA) is 85.1 Å². The van der Waals surface area contributed by atoms with Crippen molar-refractivity contribution < 1.29 is 4.79 Å². The fourth-order valence-electron chi connectivity index (χ4n) is 1.32. The van der Waals surface area contributed by atoms with Crippen molar-refractivity contribution in [2.75, 3.05) is 5.32 Å². The Balaban J connectivity index is 1.84. The molecule has 0 aliphatic carbocycles. The number of halogens is 1. The van der Waals surface area contributed by atoms with E-state index >= 15 is 0 Å². The van der Waals surface area contributed by atoms with E-state index in [-0.39, 0.29) is 5.91 Å². The molecule has 0 bridgehead atoms. The minimum Gasteiger partial charge on any atom is -0.296 e. The molecule has 0 saturated carbocycles. The first kappa shape index (κ1) is 11.2. The normalized spacial score (nSPS) is 10.7. The summed E-state index contributed by atoms with van der Waals surface area (Å²) in [6, 6.07) is 1.68. The minimum atomic E-state index is -0.270. The first-order chi connectivity index (χ1) is 8.72. The Hall–Kier alpha value is -1.87. The van der Waals surface area contributed by atoms with E-state index < -0.39 is 0 Å². The van der Waals surface area contributed by atoms with Crippen LogP contribution in [0.25, 0.3) is 4.96 Å². The number of aromatic nitrogens is 5. The van der Waals surface area contributed by atoms with Crippen molar-refractivity contribution in [3.05, 3.63) is 34.8 Å². The standard InChI is InChI=1S/C9H5BrN6OS/c10-6-1-5(2-11-3-6)7(17)13-8-15-16-4-12-14-9(16)18-8/h1-4H,(H,13,15,17). The molecule has 0 unspecified atom stereocenters. The van der Waals surface area contributed by atoms with Crippen LogP contribution >= 0.6 is 27.3 Å². The van der Waals surface area contributed by atoms with Gasteiger partial charge in [0.2, 0.25) is 10.1 Å². The summed E-state index contributed by atoms with van der Waals surface area (Å²) in [6.45, 7) is 0. The summed E-state index contributed by atoms with van der Waals surface area (Å²) in [4.78, 5) is 16.5. The number of fused-ring (bicyclic) bond motifs is 1. The number of hydrogen-bond donors (Lipinski definition) is 1. The van der Waals surface area contributed by atoms with E-state index in [0.717, 1.165) is 4.47 Å². The predicted octanol–water partition coefficient (Wildman–Crippen LogP) is 1.60. The van der Waals surface area contributed by atoms with Gasteiger partial charge in [-0.15, -0.1) is 15.3 Å². The van der Waals surface area contributed by atoms with Crippen LogP contribution in [-0.2, 0) is 0 Å². The van der Waals surface area contributed by atoms with Crippen LogP contribution in [0.15, 0.2) is 29.3 Å². The molecule has 90 valence electrons. The molecule has 0 fully saturated rings. The average molecular weight is 325 g/mol. The smallest absolute Gasteiger partial charge is 0.259 e. The highest BCUT2D eigenvalue weighted by atomic mass is 79.9. The molecule has 0 aromatic carbocycles. The van der Waals surface area contributed by atoms with Gasteiger partial charge in [0, 0.05) is 16.9 Å². The summed E-state index contributed by atoms with van der Waals surface area (Å²) in [5, 5.41) is 14.8. The van der Waals surface area contributed by atoms with Gasteiger partial charge in [-0.25, -0.2) is 0 Å². The van der Waals surface area contributed by atoms with Crippen molar-refractivity contribution in [3.8, 4) is 0 Å². The molecule has 7 nitrogen and oxygen atoms in total. The van der Waals surface area contributed by atoms with Gasteiger partial charge in [0.05, 0.1) is 5.56 Å². The number of rotatable bonds is 2. The summed E-state index contributed by atoms with van der Waals surface area (Å²) in [5.41, 5.74) is 0.454. The molecule has 0 spiro atoms. The molecule has 1 amide bonds. The van der Waals surface area contributed by atoms with E-state index in [0.29, 0.717) is 15.7 Å². The van der Waals surface area contributed by atoms with E-state index in [1.165, 1.54) is 28.4 Å². The Bertz CT molecular complexity index is 694. The van der Waals surface area contributed by atoms with Crippen LogP contribution in [0, 0.1) is 0 Å². The SMILES string of the molecule is O=C(Nc1nn2cnnc2s1)c1cncc(Br)c1. The Labute approximate surface area is 113 Å². The molecule has 1 N–H and O–H groups in total. The van der Waals surface area contributed by atoms with Gasteiger partial charge in [0.15, 0.2) is 0 Å². The Morgan fingerprint density at radius 1 is 1.44 bits per heavy atom. The van der Waals surface area contributed by atoms with Crippen LogP contribution < -0.4 is 5.32 Å². The molecular weight excluding hydrogens is 320 g/mol. The van der Waals surface area contributed by atoms with Crippen LogP contribution in [0.3, 0.4) is 0 Å². The van der Waals surface area contributed by atoms with E-state index in [2.05, 4.69) is 41.5 Å². The second-order valence-corrected chi connectivity index (χ2v) is 5.18. The summed E-state index contributed by atoms with van der Waals surface area (Å²) >= 11 is 4.51. The van der Waals surface area contributed by atoms with Crippen LogP contribution in [0.2, 0.25) is 0 Å². The molecule has 0 aliphatic heterocycles. The summed E-state index contributed by atoms with van der Waals surface area (Å²) < 4.78 is 2.24. The number of hydrogen-bond acceptors (Lipinski definition) is 6. The highest BCUT2D eigenvalue weighted by Crippen LogP contribution is 2.18. The highest BCUT2D eigenvalue weighted by Gasteiger charge is 2.11. The third-order valence-corrected chi connectivity index (χ3v) is 3.34. The maximum Gasteiger partial charge on any atom is 0.259 e. The summed E-state index contributed by atoms with van der Waals surface area (Å²) in [5.74, 6) is -0.270. The fourth-order valence-corrected chi connectivity index (χ4v) is 2.40. The largest absolute Gasteiger partial charge is 0.296 e. The highest BCUT2D eigenvalue weighted by molar-refractivity contribution is 9.10. The van der Waals surface area contributed by atoms with Crippen molar-refractivity contribution in [1.29, 1.82) is 0 Å². The van der Waals surface area contributed by atoms with Gasteiger partial charge >= 0.3 is 0 Å². The predicted molar refractivity (Wildman–Crippen MR) is 68.5 cm³/mol. The van der Waals surface area contributed by atoms with Crippen molar-refractivity contribution in [3.63, 3.8) is 0 Å². The van der Waals surface area contributed by atoms with Gasteiger partial charge in [-0.1, -0.05) is 11.3 Å². The number of carbonyl (C=O) groups excluding carboxylic acids is 1. The van der Waals surface area contributed by atoms with E-state index in [4.69, 9.17) is 0 Å². The lowest BCUT2D eigenvalue weighted by molar-refractivity contribution is 0.102. The second-order valence-electron chi connectivity index (χ2n) is 3.31. The summed E-state index contributed by atoms with van der Waals surface area (Å²) in [6.07, 6.45) is 4.57. The van der Waals surface area contributed by atoms with E-state index in [9.17, 15) is 4.79 Å². The third kappa shape index (κ3) is 2.09. The number of amides is 1. The van der Waals surface area contributed by atoms with Gasteiger partial charge in [0.25, 0.3) is 5.91 Å². The zero-order valence-electron chi connectivity index (χ0n) is 8.74. The molecule has 3 heterocycles. The molecule has 3 aromatic rings. The number of nitrogens with zero attached hydrogens (tertiary/aromatic N) is 5. The molecule has 18 heavy (non-hydrogen) atoms. The van der Waals surface area contributed by atoms with Crippen molar-refractivity contribution in [2.45, 2.75) is 0 Å². The molecular formula is C9H5BrN6OS. The van der Waals surface area contributed by atoms with Crippen LogP contribution in [0.4, 0.5) is 5.13 Å². The lowest BCUT2D eigenvalue weighted by atomic mass is 10.3. The van der Waals surface area contributed by atoms with Crippen molar-refractivity contribution in [2.24, 2.45) is 0 Å². The quantitative estimate of drug-likeness (QED) is 0.773. The number of anilines is 1. The third-order valence-electron chi connectivity index (χ3n) is 2.07. The molecule has 0 saturated heterocycles. The van der Waals surface area contributed by atoms with Crippen LogP contribution in [-0.4, -0.2) is 30.7 Å². The monoisotopic (exact) mass is 324 g/mol. The first-order valence-corrected chi connectivity index (χ1v) is 6.42. The maximum absolute atomic E-state index is 11.9. The number of carbonyl (C=O) groups is 1. The second kappa shape index (κ2) is 4.42. The van der Waals surface area contributed by atoms with Crippen LogP contribution in [0.1, 0.15) is 10.4 Å². The van der Waals surface area contributed by atoms with Gasteiger partial charge in [-0.05, 0) is 22.0 Å². The Morgan fingerprint density at radius 2 is 2.33 bits per heavy atom. The molecule has 3 rings (SSSR count). The summed E-state index contributed by atoms with van der Waals surface area (Å²) in [7, 11) is 0. The zero-order chi connectivity index (χ0) is 12.5. The minimum absolute atomic E-state index is 0.270. The average Bonchev–Trinajstić information content (AvgIpc) is 2.89. The fraction of sp³-hybridized carbons (Fsp3) is 0. The lowest BCUT2D eigenvalue weighted by Gasteiger charge is -2.00. The molecule has 9 heteroatoms. The number of pyridine rings is 1. The molecule has 0 atom stereocenters. The van der Waals surface area contributed by atoms with Crippen molar-refractivity contribution >= 4 is 43.3 Å². The zero-order valence-corrected chi connectivity index (χ0v) is 11.1. The maximum atomic E-state index is 11.9. The van der Waals surface area contributed by atoms with E-state index in [1.54, 1.807) is 12.3 Å². The van der Waals surface area contributed by atoms with Gasteiger partial charge < -0.3 is 0 Å².